The van der Waals surface area contributed by atoms with Gasteiger partial charge in [0, 0.05) is 51.4 Å². The summed E-state index contributed by atoms with van der Waals surface area (Å²) in [5.41, 5.74) is 1.98. The molecule has 0 radical (unpaired) electrons. The Hall–Kier alpha value is -4.45. The molecular weight excluding hydrogens is 520 g/mol. The summed E-state index contributed by atoms with van der Waals surface area (Å²) >= 11 is 0. The summed E-state index contributed by atoms with van der Waals surface area (Å²) in [4.78, 5) is 39.5. The van der Waals surface area contributed by atoms with E-state index in [1.54, 1.807) is 44.4 Å². The van der Waals surface area contributed by atoms with Gasteiger partial charge in [-0.2, -0.15) is 10.2 Å². The number of nitriles is 1. The first-order chi connectivity index (χ1) is 19.8. The topological polar surface area (TPSA) is 127 Å². The molecule has 1 fully saturated rings. The molecule has 216 valence electrons. The molecular formula is C30H38N8O3. The van der Waals surface area contributed by atoms with E-state index in [0.29, 0.717) is 69.3 Å². The lowest BCUT2D eigenvalue weighted by atomic mass is 10.2. The summed E-state index contributed by atoms with van der Waals surface area (Å²) in [6, 6.07) is 8.68. The highest BCUT2D eigenvalue weighted by Gasteiger charge is 2.20. The van der Waals surface area contributed by atoms with Crippen molar-refractivity contribution in [3.8, 4) is 17.9 Å². The van der Waals surface area contributed by atoms with Crippen LogP contribution in [0.25, 0.3) is 0 Å². The second kappa shape index (κ2) is 16.0. The van der Waals surface area contributed by atoms with E-state index in [1.165, 1.54) is 11.0 Å². The standard InChI is InChI=1S/C30H38N8O3/c1-23(37(4)27(39)13-9-15-36(2)3)29(40)32-14-7-5-6-11-25-22-33-30(34-26-12-8-10-24(20-26)21-31)35-28(25)38-16-18-41-19-17-38/h8-10,12-13,20,22-23H,5,7,14-19H2,1-4H3,(H,32,40)(H,33,34,35)/t23-/m0/s1. The maximum absolute atomic E-state index is 12.5. The van der Waals surface area contributed by atoms with E-state index in [2.05, 4.69) is 38.4 Å². The summed E-state index contributed by atoms with van der Waals surface area (Å²) in [6.45, 7) is 5.42. The van der Waals surface area contributed by atoms with Crippen LogP contribution in [0.1, 0.15) is 30.9 Å². The number of carbonyl (C=O) groups is 2. The molecule has 1 aromatic heterocycles. The van der Waals surface area contributed by atoms with Crippen molar-refractivity contribution in [1.29, 1.82) is 5.26 Å². The molecule has 2 heterocycles. The predicted octanol–water partition coefficient (Wildman–Crippen LogP) is 2.14. The maximum Gasteiger partial charge on any atom is 0.246 e. The Morgan fingerprint density at radius 2 is 2.02 bits per heavy atom. The second-order valence-electron chi connectivity index (χ2n) is 9.83. The molecule has 0 saturated carbocycles. The lowest BCUT2D eigenvalue weighted by molar-refractivity contribution is -0.135. The molecule has 0 unspecified atom stereocenters. The van der Waals surface area contributed by atoms with Crippen LogP contribution in [0.2, 0.25) is 0 Å². The van der Waals surface area contributed by atoms with Gasteiger partial charge < -0.3 is 30.1 Å². The van der Waals surface area contributed by atoms with Crippen molar-refractivity contribution in [2.45, 2.75) is 25.8 Å². The molecule has 0 bridgehead atoms. The van der Waals surface area contributed by atoms with Gasteiger partial charge in [0.1, 0.15) is 11.9 Å². The highest BCUT2D eigenvalue weighted by Crippen LogP contribution is 2.22. The number of carbonyl (C=O) groups excluding carboxylic acids is 2. The number of unbranched alkanes of at least 4 members (excludes halogenated alkanes) is 1. The van der Waals surface area contributed by atoms with E-state index in [-0.39, 0.29) is 11.8 Å². The summed E-state index contributed by atoms with van der Waals surface area (Å²) in [5.74, 6) is 7.08. The number of aromatic nitrogens is 2. The lowest BCUT2D eigenvalue weighted by Gasteiger charge is -2.28. The molecule has 1 aliphatic rings. The van der Waals surface area contributed by atoms with Crippen LogP contribution >= 0.6 is 0 Å². The molecule has 2 aromatic rings. The van der Waals surface area contributed by atoms with Crippen LogP contribution in [0.4, 0.5) is 17.5 Å². The lowest BCUT2D eigenvalue weighted by Crippen LogP contribution is -2.45. The van der Waals surface area contributed by atoms with Gasteiger partial charge in [0.25, 0.3) is 0 Å². The number of nitrogens with one attached hydrogen (secondary N) is 2. The molecule has 1 aliphatic heterocycles. The smallest absolute Gasteiger partial charge is 0.246 e. The molecule has 2 N–H and O–H groups in total. The van der Waals surface area contributed by atoms with Crippen molar-refractivity contribution in [2.75, 3.05) is 70.8 Å². The summed E-state index contributed by atoms with van der Waals surface area (Å²) in [7, 11) is 5.46. The van der Waals surface area contributed by atoms with Crippen LogP contribution < -0.4 is 15.5 Å². The third-order valence-corrected chi connectivity index (χ3v) is 6.37. The fourth-order valence-corrected chi connectivity index (χ4v) is 3.88. The van der Waals surface area contributed by atoms with E-state index in [4.69, 9.17) is 15.0 Å². The number of ether oxygens (including phenoxy) is 1. The molecule has 0 spiro atoms. The molecule has 11 nitrogen and oxygen atoms in total. The van der Waals surface area contributed by atoms with Crippen molar-refractivity contribution in [1.82, 2.24) is 25.1 Å². The average Bonchev–Trinajstić information content (AvgIpc) is 2.98. The molecule has 0 aliphatic carbocycles. The van der Waals surface area contributed by atoms with Crippen LogP contribution in [-0.4, -0.2) is 98.2 Å². The SMILES string of the molecule is C[C@@H](C(=O)NCCCC#Cc1cnc(Nc2cccc(C#N)c2)nc1N1CCOCC1)N(C)C(=O)C=CCN(C)C. The van der Waals surface area contributed by atoms with Gasteiger partial charge in [0.05, 0.1) is 36.6 Å². The number of hydrogen-bond acceptors (Lipinski definition) is 9. The van der Waals surface area contributed by atoms with E-state index in [1.807, 2.05) is 25.1 Å². The van der Waals surface area contributed by atoms with E-state index in [0.717, 1.165) is 11.5 Å². The summed E-state index contributed by atoms with van der Waals surface area (Å²) in [6.07, 6.45) is 6.19. The summed E-state index contributed by atoms with van der Waals surface area (Å²) in [5, 5.41) is 15.2. The Bertz CT molecular complexity index is 1320. The Balaban J connectivity index is 1.56. The van der Waals surface area contributed by atoms with Crippen LogP contribution in [-0.2, 0) is 14.3 Å². The minimum Gasteiger partial charge on any atom is -0.378 e. The number of rotatable bonds is 11. The Kier molecular flexibility index (Phi) is 12.1. The molecule has 1 aromatic carbocycles. The first-order valence-electron chi connectivity index (χ1n) is 13.6. The Morgan fingerprint density at radius 3 is 2.76 bits per heavy atom. The maximum atomic E-state index is 12.5. The van der Waals surface area contributed by atoms with Crippen molar-refractivity contribution >= 4 is 29.3 Å². The number of morpholine rings is 1. The van der Waals surface area contributed by atoms with Gasteiger partial charge in [0.2, 0.25) is 17.8 Å². The molecule has 11 heteroatoms. The van der Waals surface area contributed by atoms with Gasteiger partial charge >= 0.3 is 0 Å². The van der Waals surface area contributed by atoms with Gasteiger partial charge in [0.15, 0.2) is 0 Å². The van der Waals surface area contributed by atoms with Gasteiger partial charge in [-0.3, -0.25) is 9.59 Å². The van der Waals surface area contributed by atoms with Crippen molar-refractivity contribution < 1.29 is 14.3 Å². The number of amides is 2. The van der Waals surface area contributed by atoms with E-state index < -0.39 is 6.04 Å². The van der Waals surface area contributed by atoms with Crippen molar-refractivity contribution in [2.24, 2.45) is 0 Å². The second-order valence-corrected chi connectivity index (χ2v) is 9.83. The third kappa shape index (κ3) is 9.91. The van der Waals surface area contributed by atoms with Gasteiger partial charge in [-0.05, 0) is 45.6 Å². The van der Waals surface area contributed by atoms with Gasteiger partial charge in [-0.1, -0.05) is 24.0 Å². The zero-order valence-corrected chi connectivity index (χ0v) is 24.2. The first-order valence-corrected chi connectivity index (χ1v) is 13.6. The largest absolute Gasteiger partial charge is 0.378 e. The zero-order chi connectivity index (χ0) is 29.6. The quantitative estimate of drug-likeness (QED) is 0.242. The number of benzene rings is 1. The normalized spacial score (nSPS) is 13.7. The van der Waals surface area contributed by atoms with Gasteiger partial charge in [-0.25, -0.2) is 4.98 Å². The van der Waals surface area contributed by atoms with Crippen LogP contribution in [0, 0.1) is 23.2 Å². The minimum absolute atomic E-state index is 0.207. The number of anilines is 3. The predicted molar refractivity (Wildman–Crippen MR) is 159 cm³/mol. The fourth-order valence-electron chi connectivity index (χ4n) is 3.88. The van der Waals surface area contributed by atoms with Crippen molar-refractivity contribution in [3.05, 3.63) is 53.7 Å². The summed E-state index contributed by atoms with van der Waals surface area (Å²) < 4.78 is 5.50. The van der Waals surface area contributed by atoms with Crippen molar-refractivity contribution in [3.63, 3.8) is 0 Å². The molecule has 2 amide bonds. The molecule has 41 heavy (non-hydrogen) atoms. The number of hydrogen-bond donors (Lipinski definition) is 2. The third-order valence-electron chi connectivity index (χ3n) is 6.37. The monoisotopic (exact) mass is 558 g/mol. The Labute approximate surface area is 242 Å². The van der Waals surface area contributed by atoms with Crippen LogP contribution in [0.15, 0.2) is 42.6 Å². The number of likely N-dealkylation sites (N-methyl/N-ethyl adjacent to an activating group) is 2. The highest BCUT2D eigenvalue weighted by molar-refractivity contribution is 5.92. The van der Waals surface area contributed by atoms with Crippen LogP contribution in [0.3, 0.4) is 0 Å². The minimum atomic E-state index is -0.583. The molecule has 3 rings (SSSR count). The van der Waals surface area contributed by atoms with Crippen LogP contribution in [0.5, 0.6) is 0 Å². The molecule has 1 saturated heterocycles. The molecule has 1 atom stereocenters. The fraction of sp³-hybridized carbons (Fsp3) is 0.433. The Morgan fingerprint density at radius 1 is 1.24 bits per heavy atom. The van der Waals surface area contributed by atoms with Gasteiger partial charge in [-0.15, -0.1) is 0 Å². The average molecular weight is 559 g/mol. The van der Waals surface area contributed by atoms with E-state index >= 15 is 0 Å². The highest BCUT2D eigenvalue weighted by atomic mass is 16.5. The zero-order valence-electron chi connectivity index (χ0n) is 24.2. The van der Waals surface area contributed by atoms with E-state index in [9.17, 15) is 9.59 Å². The number of nitrogens with zero attached hydrogens (tertiary/aromatic N) is 6. The first kappa shape index (κ1) is 31.1.